The van der Waals surface area contributed by atoms with Gasteiger partial charge < -0.3 is 25.4 Å². The van der Waals surface area contributed by atoms with Crippen molar-refractivity contribution < 1.29 is 14.3 Å². The second-order valence-corrected chi connectivity index (χ2v) is 7.51. The Morgan fingerprint density at radius 1 is 1.29 bits per heavy atom. The molecule has 1 aromatic rings. The van der Waals surface area contributed by atoms with Crippen LogP contribution in [-0.4, -0.2) is 50.8 Å². The van der Waals surface area contributed by atoms with E-state index in [2.05, 4.69) is 46.1 Å². The average molecular weight is 389 g/mol. The van der Waals surface area contributed by atoms with E-state index < -0.39 is 0 Å². The molecule has 0 bridgehead atoms. The molecular formula is C21H32N4O3. The fourth-order valence-corrected chi connectivity index (χ4v) is 3.09. The van der Waals surface area contributed by atoms with E-state index in [4.69, 9.17) is 9.47 Å². The highest BCUT2D eigenvalue weighted by molar-refractivity contribution is 5.80. The van der Waals surface area contributed by atoms with Crippen molar-refractivity contribution >= 4 is 11.9 Å². The van der Waals surface area contributed by atoms with Crippen LogP contribution in [0.25, 0.3) is 0 Å². The van der Waals surface area contributed by atoms with Gasteiger partial charge in [0.15, 0.2) is 5.96 Å². The van der Waals surface area contributed by atoms with E-state index in [0.29, 0.717) is 32.2 Å². The first-order valence-electron chi connectivity index (χ1n) is 10.2. The molecular weight excluding hydrogens is 356 g/mol. The summed E-state index contributed by atoms with van der Waals surface area (Å²) >= 11 is 0. The van der Waals surface area contributed by atoms with Gasteiger partial charge in [0, 0.05) is 44.6 Å². The van der Waals surface area contributed by atoms with Crippen LogP contribution in [-0.2, 0) is 16.1 Å². The molecule has 1 aliphatic carbocycles. The van der Waals surface area contributed by atoms with E-state index >= 15 is 0 Å². The molecule has 3 rings (SSSR count). The van der Waals surface area contributed by atoms with E-state index in [1.54, 1.807) is 7.05 Å². The fourth-order valence-electron chi connectivity index (χ4n) is 3.09. The van der Waals surface area contributed by atoms with Gasteiger partial charge in [-0.3, -0.25) is 9.79 Å². The normalized spacial score (nSPS) is 19.4. The smallest absolute Gasteiger partial charge is 0.220 e. The number of hydrogen-bond donors (Lipinski definition) is 3. The summed E-state index contributed by atoms with van der Waals surface area (Å²) in [5.41, 5.74) is 2.26. The highest BCUT2D eigenvalue weighted by atomic mass is 16.5. The first kappa shape index (κ1) is 20.5. The summed E-state index contributed by atoms with van der Waals surface area (Å²) in [6.07, 6.45) is 4.62. The van der Waals surface area contributed by atoms with Crippen LogP contribution in [0.3, 0.4) is 0 Å². The minimum absolute atomic E-state index is 0.125. The van der Waals surface area contributed by atoms with Crippen molar-refractivity contribution in [1.29, 1.82) is 0 Å². The Labute approximate surface area is 167 Å². The largest absolute Gasteiger partial charge is 0.488 e. The lowest BCUT2D eigenvalue weighted by atomic mass is 10.1. The molecule has 154 valence electrons. The molecule has 7 heteroatoms. The zero-order valence-corrected chi connectivity index (χ0v) is 16.9. The summed E-state index contributed by atoms with van der Waals surface area (Å²) in [6, 6.07) is 6.67. The maximum absolute atomic E-state index is 11.7. The molecule has 7 nitrogen and oxygen atoms in total. The molecule has 1 aromatic carbocycles. The minimum Gasteiger partial charge on any atom is -0.488 e. The minimum atomic E-state index is 0.125. The summed E-state index contributed by atoms with van der Waals surface area (Å²) in [5, 5.41) is 9.60. The fraction of sp³-hybridized carbons (Fsp3) is 0.619. The van der Waals surface area contributed by atoms with Crippen molar-refractivity contribution in [3.05, 3.63) is 29.3 Å². The highest BCUT2D eigenvalue weighted by Gasteiger charge is 2.22. The lowest BCUT2D eigenvalue weighted by Crippen LogP contribution is -2.38. The van der Waals surface area contributed by atoms with E-state index in [1.807, 2.05) is 0 Å². The zero-order valence-electron chi connectivity index (χ0n) is 16.9. The molecule has 1 saturated carbocycles. The van der Waals surface area contributed by atoms with Crippen molar-refractivity contribution in [1.82, 2.24) is 16.0 Å². The van der Waals surface area contributed by atoms with Gasteiger partial charge in [-0.2, -0.15) is 0 Å². The molecule has 1 amide bonds. The van der Waals surface area contributed by atoms with Crippen LogP contribution in [0.4, 0.5) is 0 Å². The Morgan fingerprint density at radius 2 is 2.14 bits per heavy atom. The van der Waals surface area contributed by atoms with Crippen molar-refractivity contribution in [2.75, 3.05) is 26.8 Å². The van der Waals surface area contributed by atoms with Crippen LogP contribution < -0.4 is 20.7 Å². The van der Waals surface area contributed by atoms with Crippen molar-refractivity contribution in [3.63, 3.8) is 0 Å². The molecule has 0 aromatic heterocycles. The first-order valence-corrected chi connectivity index (χ1v) is 10.2. The Balaban J connectivity index is 1.42. The lowest BCUT2D eigenvalue weighted by Gasteiger charge is -2.18. The molecule has 3 N–H and O–H groups in total. The average Bonchev–Trinajstić information content (AvgIpc) is 3.34. The van der Waals surface area contributed by atoms with Crippen LogP contribution >= 0.6 is 0 Å². The van der Waals surface area contributed by atoms with Crippen LogP contribution in [0.5, 0.6) is 5.75 Å². The maximum Gasteiger partial charge on any atom is 0.220 e. The molecule has 0 spiro atoms. The van der Waals surface area contributed by atoms with Gasteiger partial charge in [0.2, 0.25) is 5.91 Å². The van der Waals surface area contributed by atoms with Crippen molar-refractivity contribution in [2.24, 2.45) is 4.99 Å². The third-order valence-electron chi connectivity index (χ3n) is 4.89. The summed E-state index contributed by atoms with van der Waals surface area (Å²) in [5.74, 6) is 1.76. The number of amides is 1. The monoisotopic (exact) mass is 388 g/mol. The number of ether oxygens (including phenoxy) is 2. The molecule has 1 saturated heterocycles. The molecule has 1 unspecified atom stereocenters. The quantitative estimate of drug-likeness (QED) is 0.342. The third kappa shape index (κ3) is 6.71. The Bertz CT molecular complexity index is 682. The number of aryl methyl sites for hydroxylation is 1. The molecule has 1 heterocycles. The van der Waals surface area contributed by atoms with Crippen LogP contribution in [0.15, 0.2) is 23.2 Å². The number of benzene rings is 1. The molecule has 2 fully saturated rings. The maximum atomic E-state index is 11.7. The van der Waals surface area contributed by atoms with Crippen molar-refractivity contribution in [2.45, 2.75) is 57.7 Å². The van der Waals surface area contributed by atoms with E-state index in [9.17, 15) is 4.79 Å². The summed E-state index contributed by atoms with van der Waals surface area (Å²) in [7, 11) is 1.75. The third-order valence-corrected chi connectivity index (χ3v) is 4.89. The van der Waals surface area contributed by atoms with Gasteiger partial charge in [-0.1, -0.05) is 12.1 Å². The zero-order chi connectivity index (χ0) is 19.8. The van der Waals surface area contributed by atoms with Crippen LogP contribution in [0.1, 0.15) is 43.2 Å². The Kier molecular flexibility index (Phi) is 7.54. The molecule has 2 aliphatic rings. The van der Waals surface area contributed by atoms with Gasteiger partial charge >= 0.3 is 0 Å². The van der Waals surface area contributed by atoms with Gasteiger partial charge in [-0.05, 0) is 37.8 Å². The van der Waals surface area contributed by atoms with E-state index in [0.717, 1.165) is 49.6 Å². The summed E-state index contributed by atoms with van der Waals surface area (Å²) < 4.78 is 11.6. The highest BCUT2D eigenvalue weighted by Crippen LogP contribution is 2.23. The number of hydrogen-bond acceptors (Lipinski definition) is 4. The van der Waals surface area contributed by atoms with Gasteiger partial charge in [0.1, 0.15) is 11.9 Å². The molecule has 1 aliphatic heterocycles. The van der Waals surface area contributed by atoms with Gasteiger partial charge in [0.05, 0.1) is 13.2 Å². The van der Waals surface area contributed by atoms with Gasteiger partial charge in [0.25, 0.3) is 0 Å². The predicted molar refractivity (Wildman–Crippen MR) is 110 cm³/mol. The van der Waals surface area contributed by atoms with Gasteiger partial charge in [-0.15, -0.1) is 0 Å². The van der Waals surface area contributed by atoms with E-state index in [1.165, 1.54) is 5.56 Å². The number of nitrogens with one attached hydrogen (secondary N) is 3. The molecule has 0 radical (unpaired) electrons. The predicted octanol–water partition coefficient (Wildman–Crippen LogP) is 1.89. The second kappa shape index (κ2) is 10.3. The summed E-state index contributed by atoms with van der Waals surface area (Å²) in [4.78, 5) is 16.0. The topological polar surface area (TPSA) is 84.0 Å². The number of carbonyl (C=O) groups excluding carboxylic acids is 1. The SMILES string of the molecule is CN=C(NCCCC(=O)NC1CC1)NCc1ccc(C)cc1OC1CCOC1. The van der Waals surface area contributed by atoms with E-state index in [-0.39, 0.29) is 12.0 Å². The Hall–Kier alpha value is -2.28. The number of rotatable bonds is 9. The number of aliphatic imine (C=N–C) groups is 1. The lowest BCUT2D eigenvalue weighted by molar-refractivity contribution is -0.121. The standard InChI is InChI=1S/C21H32N4O3/c1-15-5-6-16(19(12-15)28-18-9-11-27-14-18)13-24-21(22-2)23-10-3-4-20(26)25-17-7-8-17/h5-6,12,17-18H,3-4,7-11,13-14H2,1-2H3,(H,25,26)(H2,22,23,24). The van der Waals surface area contributed by atoms with Gasteiger partial charge in [-0.25, -0.2) is 0 Å². The summed E-state index contributed by atoms with van der Waals surface area (Å²) in [6.45, 7) is 4.80. The second-order valence-electron chi connectivity index (χ2n) is 7.51. The number of nitrogens with zero attached hydrogens (tertiary/aromatic N) is 1. The van der Waals surface area contributed by atoms with Crippen LogP contribution in [0, 0.1) is 6.92 Å². The number of carbonyl (C=O) groups is 1. The Morgan fingerprint density at radius 3 is 2.86 bits per heavy atom. The first-order chi connectivity index (χ1) is 13.6. The van der Waals surface area contributed by atoms with Crippen LogP contribution in [0.2, 0.25) is 0 Å². The molecule has 1 atom stereocenters. The van der Waals surface area contributed by atoms with Crippen molar-refractivity contribution in [3.8, 4) is 5.75 Å². The molecule has 28 heavy (non-hydrogen) atoms. The number of guanidine groups is 1.